The van der Waals surface area contributed by atoms with Gasteiger partial charge < -0.3 is 14.6 Å². The number of hydrogen-bond acceptors (Lipinski definition) is 11. The fourth-order valence-corrected chi connectivity index (χ4v) is 1.86. The fraction of sp³-hybridized carbons (Fsp3) is 1.00. The van der Waals surface area contributed by atoms with E-state index in [1.54, 1.807) is 0 Å². The summed E-state index contributed by atoms with van der Waals surface area (Å²) in [5, 5.41) is 41.8. The van der Waals surface area contributed by atoms with Crippen LogP contribution in [0.4, 0.5) is 0 Å². The van der Waals surface area contributed by atoms with Crippen molar-refractivity contribution in [2.24, 2.45) is 0 Å². The maximum atomic E-state index is 8.58. The Labute approximate surface area is 108 Å². The molecule has 5 N–H and O–H groups in total. The Kier molecular flexibility index (Phi) is 7.59. The Balaban J connectivity index is 2.37. The highest BCUT2D eigenvalue weighted by atomic mass is 17.1. The van der Waals surface area contributed by atoms with Crippen LogP contribution in [0.25, 0.3) is 0 Å². The molecule has 0 heterocycles. The molecule has 1 aliphatic carbocycles. The summed E-state index contributed by atoms with van der Waals surface area (Å²) in [6, 6.07) is 0. The molecule has 1 aliphatic rings. The lowest BCUT2D eigenvalue weighted by Crippen LogP contribution is -2.35. The molecule has 0 spiro atoms. The monoisotopic (exact) mass is 286 g/mol. The summed E-state index contributed by atoms with van der Waals surface area (Å²) < 4.78 is 10.0. The van der Waals surface area contributed by atoms with Crippen LogP contribution in [-0.4, -0.2) is 75.0 Å². The molecule has 0 aromatic rings. The van der Waals surface area contributed by atoms with Crippen molar-refractivity contribution < 1.29 is 45.1 Å². The normalized spacial score (nSPS) is 27.6. The van der Waals surface area contributed by atoms with Crippen molar-refractivity contribution in [2.75, 3.05) is 20.0 Å². The Morgan fingerprint density at radius 1 is 0.895 bits per heavy atom. The van der Waals surface area contributed by atoms with Gasteiger partial charge in [-0.05, 0) is 0 Å². The van der Waals surface area contributed by atoms with Crippen molar-refractivity contribution in [2.45, 2.75) is 31.2 Å². The quantitative estimate of drug-likeness (QED) is 0.200. The highest BCUT2D eigenvalue weighted by Crippen LogP contribution is 2.28. The fourth-order valence-electron chi connectivity index (χ4n) is 1.86. The molecule has 2 unspecified atom stereocenters. The van der Waals surface area contributed by atoms with Crippen LogP contribution in [0.3, 0.4) is 0 Å². The summed E-state index contributed by atoms with van der Waals surface area (Å²) in [6.45, 7) is 0.0103. The Hall–Kier alpha value is -0.440. The minimum Gasteiger partial charge on any atom is -0.376 e. The van der Waals surface area contributed by atoms with E-state index in [0.29, 0.717) is 0 Å². The van der Waals surface area contributed by atoms with E-state index in [9.17, 15) is 0 Å². The summed E-state index contributed by atoms with van der Waals surface area (Å²) in [5.41, 5.74) is 0. The van der Waals surface area contributed by atoms with Crippen LogP contribution in [0.1, 0.15) is 12.8 Å². The van der Waals surface area contributed by atoms with Crippen molar-refractivity contribution in [1.82, 2.24) is 10.8 Å². The number of aliphatic hydroxyl groups excluding tert-OH is 1. The van der Waals surface area contributed by atoms with E-state index >= 15 is 0 Å². The van der Waals surface area contributed by atoms with Crippen LogP contribution < -0.4 is 0 Å². The summed E-state index contributed by atoms with van der Waals surface area (Å²) in [5.74, 6) is 0. The van der Waals surface area contributed by atoms with E-state index < -0.39 is 29.8 Å². The molecule has 19 heavy (non-hydrogen) atoms. The van der Waals surface area contributed by atoms with Gasteiger partial charge in [-0.15, -0.1) is 0 Å². The number of hydrogen-bond donors (Lipinski definition) is 5. The highest BCUT2D eigenvalue weighted by molar-refractivity contribution is 4.85. The van der Waals surface area contributed by atoms with Gasteiger partial charge in [-0.1, -0.05) is 0 Å². The van der Waals surface area contributed by atoms with Gasteiger partial charge in [-0.25, -0.2) is 9.68 Å². The molecule has 0 bridgehead atoms. The van der Waals surface area contributed by atoms with E-state index in [-0.39, 0.29) is 32.2 Å². The summed E-state index contributed by atoms with van der Waals surface area (Å²) in [4.78, 5) is 9.20. The summed E-state index contributed by atoms with van der Waals surface area (Å²) in [7, 11) is 0. The van der Waals surface area contributed by atoms with Crippen LogP contribution >= 0.6 is 0 Å². The molecule has 0 radical (unpaired) electrons. The van der Waals surface area contributed by atoms with Gasteiger partial charge in [0.05, 0.1) is 30.1 Å². The zero-order valence-corrected chi connectivity index (χ0v) is 10.0. The van der Waals surface area contributed by atoms with E-state index in [4.69, 9.17) is 30.7 Å². The van der Waals surface area contributed by atoms with Crippen molar-refractivity contribution in [3.63, 3.8) is 0 Å². The van der Waals surface area contributed by atoms with Gasteiger partial charge in [0.1, 0.15) is 19.0 Å². The third-order valence-corrected chi connectivity index (χ3v) is 2.54. The second-order valence-corrected chi connectivity index (χ2v) is 3.79. The molecule has 114 valence electrons. The van der Waals surface area contributed by atoms with Gasteiger partial charge in [0.2, 0.25) is 0 Å². The maximum absolute atomic E-state index is 8.58. The van der Waals surface area contributed by atoms with E-state index in [1.807, 2.05) is 0 Å². The van der Waals surface area contributed by atoms with Crippen LogP contribution in [0, 0.1) is 0 Å². The Bertz CT molecular complexity index is 224. The van der Waals surface area contributed by atoms with E-state index in [0.717, 1.165) is 0 Å². The molecule has 0 amide bonds. The molecule has 1 saturated carbocycles. The van der Waals surface area contributed by atoms with Gasteiger partial charge in [0.15, 0.2) is 0 Å². The van der Waals surface area contributed by atoms with Crippen LogP contribution in [-0.2, 0) is 19.1 Å². The zero-order chi connectivity index (χ0) is 14.3. The number of aliphatic hydroxyl groups is 1. The molecule has 0 aromatic carbocycles. The summed E-state index contributed by atoms with van der Waals surface area (Å²) in [6.07, 6.45) is -1.52. The first-order chi connectivity index (χ1) is 9.02. The van der Waals surface area contributed by atoms with Crippen molar-refractivity contribution in [1.29, 1.82) is 0 Å². The average molecular weight is 286 g/mol. The second kappa shape index (κ2) is 8.68. The van der Waals surface area contributed by atoms with Crippen LogP contribution in [0.2, 0.25) is 0 Å². The van der Waals surface area contributed by atoms with Gasteiger partial charge in [0, 0.05) is 12.8 Å². The SMILES string of the molecule is OCOCCOC1CC(ON(O)O)C(ON(O)O)C1. The predicted molar refractivity (Wildman–Crippen MR) is 52.6 cm³/mol. The predicted octanol–water partition coefficient (Wildman–Crippen LogP) is -1.11. The van der Waals surface area contributed by atoms with Gasteiger partial charge in [-0.3, -0.25) is 20.8 Å². The molecule has 0 aliphatic heterocycles. The number of ether oxygens (including phenoxy) is 2. The second-order valence-electron chi connectivity index (χ2n) is 3.79. The third kappa shape index (κ3) is 6.51. The first-order valence-corrected chi connectivity index (χ1v) is 5.52. The molecule has 1 rings (SSSR count). The Morgan fingerprint density at radius 2 is 1.42 bits per heavy atom. The lowest BCUT2D eigenvalue weighted by atomic mass is 10.3. The topological polar surface area (TPSA) is 145 Å². The summed E-state index contributed by atoms with van der Waals surface area (Å²) >= 11 is 0. The molecule has 11 heteroatoms. The van der Waals surface area contributed by atoms with Crippen LogP contribution in [0.15, 0.2) is 0 Å². The lowest BCUT2D eigenvalue weighted by molar-refractivity contribution is -0.535. The number of rotatable bonds is 9. The molecular weight excluding hydrogens is 268 g/mol. The minimum absolute atomic E-state index is 0.197. The van der Waals surface area contributed by atoms with Crippen molar-refractivity contribution >= 4 is 0 Å². The van der Waals surface area contributed by atoms with Crippen LogP contribution in [0.5, 0.6) is 0 Å². The minimum atomic E-state index is -0.833. The Morgan fingerprint density at radius 3 is 1.84 bits per heavy atom. The third-order valence-electron chi connectivity index (χ3n) is 2.54. The molecule has 0 aromatic heterocycles. The first-order valence-electron chi connectivity index (χ1n) is 5.52. The molecular formula is C8H18N2O9. The molecule has 11 nitrogen and oxygen atoms in total. The highest BCUT2D eigenvalue weighted by Gasteiger charge is 2.39. The van der Waals surface area contributed by atoms with Gasteiger partial charge in [-0.2, -0.15) is 0 Å². The van der Waals surface area contributed by atoms with Crippen molar-refractivity contribution in [3.8, 4) is 0 Å². The number of nitrogens with zero attached hydrogens (tertiary/aromatic N) is 2. The average Bonchev–Trinajstić information content (AvgIpc) is 2.65. The largest absolute Gasteiger partial charge is 0.376 e. The van der Waals surface area contributed by atoms with Gasteiger partial charge in [0.25, 0.3) is 0 Å². The van der Waals surface area contributed by atoms with E-state index in [2.05, 4.69) is 14.4 Å². The molecule has 0 saturated heterocycles. The van der Waals surface area contributed by atoms with E-state index in [1.165, 1.54) is 0 Å². The molecule has 1 fully saturated rings. The standard InChI is InChI=1S/C8H18N2O9/c11-5-16-1-2-17-6-3-7(18-9(12)13)8(4-6)19-10(14)15/h6-8,11-15H,1-5H2. The smallest absolute Gasteiger partial charge is 0.143 e. The van der Waals surface area contributed by atoms with Crippen molar-refractivity contribution in [3.05, 3.63) is 0 Å². The lowest BCUT2D eigenvalue weighted by Gasteiger charge is -2.20. The first kappa shape index (κ1) is 16.6. The zero-order valence-electron chi connectivity index (χ0n) is 10.0. The van der Waals surface area contributed by atoms with Gasteiger partial charge >= 0.3 is 0 Å². The maximum Gasteiger partial charge on any atom is 0.143 e. The molecule has 2 atom stereocenters.